The summed E-state index contributed by atoms with van der Waals surface area (Å²) in [6.07, 6.45) is -1.74. The summed E-state index contributed by atoms with van der Waals surface area (Å²) >= 11 is 5.84. The van der Waals surface area contributed by atoms with Crippen LogP contribution in [0.15, 0.2) is 0 Å². The number of esters is 1. The Bertz CT molecular complexity index is 318. The molecule has 3 fully saturated rings. The van der Waals surface area contributed by atoms with Gasteiger partial charge in [0.15, 0.2) is 29.7 Å². The SMILES string of the molecule is CC1(C)OC2[C@H](O[C@H]3[C@@H]2OC(=O)[C@@H]3Cl)O1. The number of ether oxygens (including phenoxy) is 4. The molecule has 6 heteroatoms. The van der Waals surface area contributed by atoms with Crippen LogP contribution in [0.1, 0.15) is 13.8 Å². The lowest BCUT2D eigenvalue weighted by Gasteiger charge is -2.20. The van der Waals surface area contributed by atoms with E-state index in [1.807, 2.05) is 0 Å². The first-order valence-electron chi connectivity index (χ1n) is 4.84. The van der Waals surface area contributed by atoms with Crippen LogP contribution in [0, 0.1) is 0 Å². The zero-order valence-electron chi connectivity index (χ0n) is 8.31. The molecule has 5 nitrogen and oxygen atoms in total. The normalized spacial score (nSPS) is 51.4. The van der Waals surface area contributed by atoms with E-state index in [0.29, 0.717) is 0 Å². The molecule has 0 bridgehead atoms. The van der Waals surface area contributed by atoms with Crippen molar-refractivity contribution in [2.45, 2.75) is 49.6 Å². The predicted octanol–water partition coefficient (Wildman–Crippen LogP) is 0.396. The zero-order chi connectivity index (χ0) is 10.8. The highest BCUT2D eigenvalue weighted by atomic mass is 35.5. The molecule has 1 unspecified atom stereocenters. The van der Waals surface area contributed by atoms with Crippen molar-refractivity contribution in [3.63, 3.8) is 0 Å². The van der Waals surface area contributed by atoms with E-state index in [0.717, 1.165) is 0 Å². The van der Waals surface area contributed by atoms with Gasteiger partial charge in [-0.25, -0.2) is 0 Å². The summed E-state index contributed by atoms with van der Waals surface area (Å²) < 4.78 is 21.7. The van der Waals surface area contributed by atoms with Gasteiger partial charge in [-0.3, -0.25) is 4.79 Å². The van der Waals surface area contributed by atoms with Crippen molar-refractivity contribution in [2.24, 2.45) is 0 Å². The van der Waals surface area contributed by atoms with Crippen LogP contribution in [0.3, 0.4) is 0 Å². The molecule has 3 rings (SSSR count). The second kappa shape index (κ2) is 2.85. The van der Waals surface area contributed by atoms with E-state index in [2.05, 4.69) is 0 Å². The number of hydrogen-bond donors (Lipinski definition) is 0. The minimum absolute atomic E-state index is 0.363. The third kappa shape index (κ3) is 1.30. The molecule has 15 heavy (non-hydrogen) atoms. The first-order valence-corrected chi connectivity index (χ1v) is 5.27. The number of alkyl halides is 1. The Kier molecular flexibility index (Phi) is 1.87. The van der Waals surface area contributed by atoms with Crippen LogP contribution in [-0.2, 0) is 23.7 Å². The first-order chi connectivity index (χ1) is 6.98. The highest BCUT2D eigenvalue weighted by molar-refractivity contribution is 6.31. The average molecular weight is 235 g/mol. The molecule has 0 saturated carbocycles. The Morgan fingerprint density at radius 3 is 2.67 bits per heavy atom. The Hall–Kier alpha value is -0.360. The molecular weight excluding hydrogens is 224 g/mol. The summed E-state index contributed by atoms with van der Waals surface area (Å²) in [6.45, 7) is 3.58. The standard InChI is InChI=1S/C9H11ClO5/c1-9(2)14-6-5-4(13-8(6)15-9)3(10)7(11)12-5/h3-6,8H,1-2H3/t3-,4-,5+,6?,8-/m1/s1. The number of carbonyl (C=O) groups is 1. The number of hydrogen-bond acceptors (Lipinski definition) is 5. The third-order valence-electron chi connectivity index (χ3n) is 2.79. The quantitative estimate of drug-likeness (QED) is 0.449. The van der Waals surface area contributed by atoms with E-state index >= 15 is 0 Å². The monoisotopic (exact) mass is 234 g/mol. The van der Waals surface area contributed by atoms with E-state index in [9.17, 15) is 4.79 Å². The largest absolute Gasteiger partial charge is 0.455 e. The fourth-order valence-electron chi connectivity index (χ4n) is 2.21. The van der Waals surface area contributed by atoms with Crippen LogP contribution in [0.4, 0.5) is 0 Å². The third-order valence-corrected chi connectivity index (χ3v) is 3.22. The molecule has 3 saturated heterocycles. The molecule has 84 valence electrons. The van der Waals surface area contributed by atoms with Gasteiger partial charge in [-0.15, -0.1) is 11.6 Å². The summed E-state index contributed by atoms with van der Waals surface area (Å²) in [5.74, 6) is -1.14. The zero-order valence-corrected chi connectivity index (χ0v) is 9.06. The average Bonchev–Trinajstić information content (AvgIpc) is 2.66. The van der Waals surface area contributed by atoms with Gasteiger partial charge in [0.05, 0.1) is 0 Å². The fraction of sp³-hybridized carbons (Fsp3) is 0.889. The summed E-state index contributed by atoms with van der Waals surface area (Å²) in [7, 11) is 0. The minimum atomic E-state index is -0.754. The Morgan fingerprint density at radius 2 is 1.93 bits per heavy atom. The number of fused-ring (bicyclic) bond motifs is 3. The first kappa shape index (κ1) is 9.84. The van der Waals surface area contributed by atoms with Crippen LogP contribution < -0.4 is 0 Å². The summed E-state index contributed by atoms with van der Waals surface area (Å²) in [6, 6.07) is 0. The van der Waals surface area contributed by atoms with Crippen molar-refractivity contribution in [1.82, 2.24) is 0 Å². The minimum Gasteiger partial charge on any atom is -0.455 e. The highest BCUT2D eigenvalue weighted by Crippen LogP contribution is 2.43. The molecule has 0 aromatic rings. The predicted molar refractivity (Wildman–Crippen MR) is 48.2 cm³/mol. The van der Waals surface area contributed by atoms with Gasteiger partial charge in [0.2, 0.25) is 0 Å². The van der Waals surface area contributed by atoms with Crippen molar-refractivity contribution in [2.75, 3.05) is 0 Å². The molecule has 3 aliphatic rings. The van der Waals surface area contributed by atoms with E-state index < -0.39 is 35.6 Å². The van der Waals surface area contributed by atoms with E-state index in [1.54, 1.807) is 13.8 Å². The Labute approximate surface area is 91.6 Å². The van der Waals surface area contributed by atoms with Gasteiger partial charge >= 0.3 is 5.97 Å². The second-order valence-corrected chi connectivity index (χ2v) is 4.84. The molecule has 0 N–H and O–H groups in total. The van der Waals surface area contributed by atoms with Gasteiger partial charge in [0, 0.05) is 0 Å². The van der Waals surface area contributed by atoms with Crippen LogP contribution in [0.5, 0.6) is 0 Å². The Balaban J connectivity index is 1.83. The molecule has 0 aromatic heterocycles. The van der Waals surface area contributed by atoms with Crippen LogP contribution >= 0.6 is 11.6 Å². The van der Waals surface area contributed by atoms with Crippen molar-refractivity contribution >= 4 is 17.6 Å². The smallest absolute Gasteiger partial charge is 0.327 e. The van der Waals surface area contributed by atoms with Crippen LogP contribution in [-0.4, -0.2) is 41.7 Å². The van der Waals surface area contributed by atoms with Crippen LogP contribution in [0.2, 0.25) is 0 Å². The topological polar surface area (TPSA) is 54.0 Å². The van der Waals surface area contributed by atoms with Crippen molar-refractivity contribution in [3.05, 3.63) is 0 Å². The summed E-state index contributed by atoms with van der Waals surface area (Å²) in [4.78, 5) is 11.2. The maximum absolute atomic E-state index is 11.2. The summed E-state index contributed by atoms with van der Waals surface area (Å²) in [5, 5.41) is -0.754. The maximum atomic E-state index is 11.2. The molecule has 0 aliphatic carbocycles. The number of carbonyl (C=O) groups excluding carboxylic acids is 1. The van der Waals surface area contributed by atoms with Crippen molar-refractivity contribution in [1.29, 1.82) is 0 Å². The lowest BCUT2D eigenvalue weighted by Crippen LogP contribution is -2.34. The lowest BCUT2D eigenvalue weighted by molar-refractivity contribution is -0.209. The van der Waals surface area contributed by atoms with E-state index in [-0.39, 0.29) is 6.10 Å². The van der Waals surface area contributed by atoms with Gasteiger partial charge in [-0.1, -0.05) is 0 Å². The second-order valence-electron chi connectivity index (χ2n) is 4.37. The summed E-state index contributed by atoms with van der Waals surface area (Å²) in [5.41, 5.74) is 0. The molecule has 3 aliphatic heterocycles. The van der Waals surface area contributed by atoms with Crippen molar-refractivity contribution in [3.8, 4) is 0 Å². The van der Waals surface area contributed by atoms with Gasteiger partial charge in [0.1, 0.15) is 6.10 Å². The molecule has 0 aromatic carbocycles. The van der Waals surface area contributed by atoms with E-state index in [1.165, 1.54) is 0 Å². The van der Waals surface area contributed by atoms with Crippen molar-refractivity contribution < 1.29 is 23.7 Å². The van der Waals surface area contributed by atoms with Gasteiger partial charge in [-0.2, -0.15) is 0 Å². The molecule has 0 radical (unpaired) electrons. The fourth-order valence-corrected chi connectivity index (χ4v) is 2.46. The lowest BCUT2D eigenvalue weighted by atomic mass is 10.1. The molecule has 5 atom stereocenters. The molecular formula is C9H11ClO5. The Morgan fingerprint density at radius 1 is 1.20 bits per heavy atom. The van der Waals surface area contributed by atoms with E-state index in [4.69, 9.17) is 30.5 Å². The van der Waals surface area contributed by atoms with Crippen LogP contribution in [0.25, 0.3) is 0 Å². The number of rotatable bonds is 0. The number of halogens is 1. The van der Waals surface area contributed by atoms with Gasteiger partial charge < -0.3 is 18.9 Å². The molecule has 3 heterocycles. The highest BCUT2D eigenvalue weighted by Gasteiger charge is 2.62. The molecule has 0 amide bonds. The van der Waals surface area contributed by atoms with Gasteiger partial charge in [-0.05, 0) is 13.8 Å². The maximum Gasteiger partial charge on any atom is 0.327 e. The van der Waals surface area contributed by atoms with Gasteiger partial charge in [0.25, 0.3) is 0 Å². The molecule has 0 spiro atoms.